The highest BCUT2D eigenvalue weighted by Crippen LogP contribution is 2.42. The molecule has 28 heavy (non-hydrogen) atoms. The number of Topliss-reactive ketones (excluding diaryl/α,β-unsaturated/α-hetero) is 1. The van der Waals surface area contributed by atoms with Gasteiger partial charge in [-0.1, -0.05) is 29.8 Å². The van der Waals surface area contributed by atoms with E-state index in [1.165, 1.54) is 12.1 Å². The van der Waals surface area contributed by atoms with E-state index in [0.717, 1.165) is 4.47 Å². The van der Waals surface area contributed by atoms with Crippen LogP contribution in [0.2, 0.25) is 0 Å². The molecule has 5 nitrogen and oxygen atoms in total. The molecule has 146 valence electrons. The van der Waals surface area contributed by atoms with Gasteiger partial charge in [-0.05, 0) is 57.7 Å². The van der Waals surface area contributed by atoms with E-state index in [-0.39, 0.29) is 16.1 Å². The van der Waals surface area contributed by atoms with Gasteiger partial charge in [0.25, 0.3) is 10.0 Å². The summed E-state index contributed by atoms with van der Waals surface area (Å²) in [4.78, 5) is 12.9. The lowest BCUT2D eigenvalue weighted by molar-refractivity contribution is 0.0906. The highest BCUT2D eigenvalue weighted by atomic mass is 79.9. The molecule has 0 unspecified atom stereocenters. The Kier molecular flexibility index (Phi) is 4.71. The first-order valence-corrected chi connectivity index (χ1v) is 11.7. The van der Waals surface area contributed by atoms with E-state index in [4.69, 9.17) is 4.42 Å². The average Bonchev–Trinajstić information content (AvgIpc) is 2.92. The maximum absolute atomic E-state index is 12.7. The number of benzene rings is 2. The van der Waals surface area contributed by atoms with E-state index >= 15 is 0 Å². The van der Waals surface area contributed by atoms with Crippen molar-refractivity contribution in [3.8, 4) is 0 Å². The standard InChI is InChI=1S/C20H17Br2NO4S/c1-20(2)9-16(24)18-14-7-12(8-15(22)19(14)27-17(18)10-20)23-28(25,26)13-5-3-11(21)4-6-13/h3-8,23H,9-10H2,1-2H3. The number of rotatable bonds is 3. The van der Waals surface area contributed by atoms with Crippen molar-refractivity contribution in [2.75, 3.05) is 4.72 Å². The first-order chi connectivity index (χ1) is 13.1. The van der Waals surface area contributed by atoms with Gasteiger partial charge in [0, 0.05) is 22.7 Å². The molecule has 0 spiro atoms. The number of furan rings is 1. The lowest BCUT2D eigenvalue weighted by atomic mass is 9.76. The van der Waals surface area contributed by atoms with Gasteiger partial charge in [0.05, 0.1) is 20.6 Å². The second kappa shape index (κ2) is 6.71. The molecule has 8 heteroatoms. The van der Waals surface area contributed by atoms with Gasteiger partial charge in [0.15, 0.2) is 5.78 Å². The molecule has 1 aromatic heterocycles. The second-order valence-corrected chi connectivity index (χ2v) is 11.2. The maximum Gasteiger partial charge on any atom is 0.261 e. The maximum atomic E-state index is 12.7. The van der Waals surface area contributed by atoms with Gasteiger partial charge in [-0.2, -0.15) is 0 Å². The molecule has 0 atom stereocenters. The number of carbonyl (C=O) groups is 1. The fourth-order valence-corrected chi connectivity index (χ4v) is 5.39. The van der Waals surface area contributed by atoms with E-state index in [9.17, 15) is 13.2 Å². The van der Waals surface area contributed by atoms with Gasteiger partial charge in [0.1, 0.15) is 11.3 Å². The number of fused-ring (bicyclic) bond motifs is 3. The molecule has 0 saturated heterocycles. The van der Waals surface area contributed by atoms with Gasteiger partial charge in [-0.3, -0.25) is 9.52 Å². The van der Waals surface area contributed by atoms with Crippen molar-refractivity contribution in [3.63, 3.8) is 0 Å². The van der Waals surface area contributed by atoms with Gasteiger partial charge >= 0.3 is 0 Å². The number of hydrogen-bond acceptors (Lipinski definition) is 4. The predicted octanol–water partition coefficient (Wildman–Crippen LogP) is 5.91. The zero-order chi connectivity index (χ0) is 20.3. The highest BCUT2D eigenvalue weighted by Gasteiger charge is 2.35. The van der Waals surface area contributed by atoms with Crippen LogP contribution < -0.4 is 4.72 Å². The summed E-state index contributed by atoms with van der Waals surface area (Å²) in [5.41, 5.74) is 1.32. The summed E-state index contributed by atoms with van der Waals surface area (Å²) < 4.78 is 35.3. The summed E-state index contributed by atoms with van der Waals surface area (Å²) in [6, 6.07) is 9.68. The van der Waals surface area contributed by atoms with E-state index < -0.39 is 10.0 Å². The van der Waals surface area contributed by atoms with Crippen LogP contribution in [0.1, 0.15) is 36.4 Å². The van der Waals surface area contributed by atoms with Crippen molar-refractivity contribution >= 4 is 64.3 Å². The van der Waals surface area contributed by atoms with Crippen LogP contribution in [0.3, 0.4) is 0 Å². The molecule has 3 aromatic rings. The number of nitrogens with one attached hydrogen (secondary N) is 1. The van der Waals surface area contributed by atoms with Crippen molar-refractivity contribution in [2.45, 2.75) is 31.6 Å². The van der Waals surface area contributed by atoms with E-state index in [2.05, 4.69) is 36.6 Å². The molecule has 2 aromatic carbocycles. The summed E-state index contributed by atoms with van der Waals surface area (Å²) in [5.74, 6) is 0.676. The Morgan fingerprint density at radius 2 is 1.75 bits per heavy atom. The molecule has 4 rings (SSSR count). The molecule has 0 saturated carbocycles. The summed E-state index contributed by atoms with van der Waals surface area (Å²) in [7, 11) is -3.76. The molecule has 1 heterocycles. The van der Waals surface area contributed by atoms with Crippen LogP contribution in [-0.2, 0) is 16.4 Å². The summed E-state index contributed by atoms with van der Waals surface area (Å²) in [6.45, 7) is 4.07. The Bertz CT molecular complexity index is 1210. The minimum atomic E-state index is -3.76. The molecule has 0 bridgehead atoms. The normalized spacial score (nSPS) is 16.2. The topological polar surface area (TPSA) is 76.4 Å². The molecule has 0 amide bonds. The Hall–Kier alpha value is -1.64. The minimum Gasteiger partial charge on any atom is -0.459 e. The van der Waals surface area contributed by atoms with Crippen LogP contribution >= 0.6 is 31.9 Å². The number of hydrogen-bond donors (Lipinski definition) is 1. The van der Waals surface area contributed by atoms with Crippen molar-refractivity contribution < 1.29 is 17.6 Å². The van der Waals surface area contributed by atoms with Gasteiger partial charge < -0.3 is 4.42 Å². The Morgan fingerprint density at radius 3 is 2.43 bits per heavy atom. The Morgan fingerprint density at radius 1 is 1.07 bits per heavy atom. The van der Waals surface area contributed by atoms with Crippen LogP contribution in [0, 0.1) is 5.41 Å². The monoisotopic (exact) mass is 525 g/mol. The molecule has 0 fully saturated rings. The van der Waals surface area contributed by atoms with Gasteiger partial charge in [-0.25, -0.2) is 8.42 Å². The minimum absolute atomic E-state index is 0.0183. The lowest BCUT2D eigenvalue weighted by Gasteiger charge is -2.27. The summed E-state index contributed by atoms with van der Waals surface area (Å²) in [6.07, 6.45) is 1.09. The molecule has 0 radical (unpaired) electrons. The molecular formula is C20H17Br2NO4S. The van der Waals surface area contributed by atoms with Crippen molar-refractivity contribution in [3.05, 3.63) is 56.7 Å². The second-order valence-electron chi connectivity index (χ2n) is 7.74. The third-order valence-corrected chi connectivity index (χ3v) is 7.27. The predicted molar refractivity (Wildman–Crippen MR) is 115 cm³/mol. The van der Waals surface area contributed by atoms with Crippen molar-refractivity contribution in [1.82, 2.24) is 0 Å². The van der Waals surface area contributed by atoms with Gasteiger partial charge in [0.2, 0.25) is 0 Å². The van der Waals surface area contributed by atoms with Crippen LogP contribution in [-0.4, -0.2) is 14.2 Å². The third-order valence-electron chi connectivity index (χ3n) is 4.75. The first kappa shape index (κ1) is 19.7. The fourth-order valence-electron chi connectivity index (χ4n) is 3.54. The number of halogens is 2. The molecule has 0 aliphatic heterocycles. The first-order valence-electron chi connectivity index (χ1n) is 8.62. The number of anilines is 1. The number of sulfonamides is 1. The third kappa shape index (κ3) is 3.53. The Balaban J connectivity index is 1.79. The smallest absolute Gasteiger partial charge is 0.261 e. The molecule has 1 N–H and O–H groups in total. The molecule has 1 aliphatic carbocycles. The van der Waals surface area contributed by atoms with Crippen molar-refractivity contribution in [2.24, 2.45) is 5.41 Å². The SMILES string of the molecule is CC1(C)CC(=O)c2c(oc3c(Br)cc(NS(=O)(=O)c4ccc(Br)cc4)cc23)C1. The number of carbonyl (C=O) groups excluding carboxylic acids is 1. The quantitative estimate of drug-likeness (QED) is 0.460. The molecular weight excluding hydrogens is 510 g/mol. The largest absolute Gasteiger partial charge is 0.459 e. The fraction of sp³-hybridized carbons (Fsp3) is 0.250. The molecule has 1 aliphatic rings. The zero-order valence-corrected chi connectivity index (χ0v) is 19.2. The average molecular weight is 527 g/mol. The van der Waals surface area contributed by atoms with E-state index in [0.29, 0.717) is 45.3 Å². The summed E-state index contributed by atoms with van der Waals surface area (Å²) >= 11 is 6.75. The highest BCUT2D eigenvalue weighted by molar-refractivity contribution is 9.11. The van der Waals surface area contributed by atoms with Crippen LogP contribution in [0.25, 0.3) is 11.0 Å². The lowest BCUT2D eigenvalue weighted by Crippen LogP contribution is -2.25. The van der Waals surface area contributed by atoms with Crippen LogP contribution in [0.4, 0.5) is 5.69 Å². The summed E-state index contributed by atoms with van der Waals surface area (Å²) in [5, 5.41) is 0.624. The van der Waals surface area contributed by atoms with E-state index in [1.54, 1.807) is 24.3 Å². The van der Waals surface area contributed by atoms with E-state index in [1.807, 2.05) is 13.8 Å². The van der Waals surface area contributed by atoms with Crippen molar-refractivity contribution in [1.29, 1.82) is 0 Å². The van der Waals surface area contributed by atoms with Crippen LogP contribution in [0.15, 0.2) is 54.7 Å². The Labute approximate surface area is 179 Å². The number of ketones is 1. The van der Waals surface area contributed by atoms with Gasteiger partial charge in [-0.15, -0.1) is 0 Å². The zero-order valence-electron chi connectivity index (χ0n) is 15.2. The van der Waals surface area contributed by atoms with Crippen LogP contribution in [0.5, 0.6) is 0 Å².